The Labute approximate surface area is 130 Å². The average molecular weight is 318 g/mol. The third-order valence-corrected chi connectivity index (χ3v) is 4.67. The third kappa shape index (κ3) is 2.77. The number of thiophene rings is 1. The highest BCUT2D eigenvalue weighted by atomic mass is 35.5. The van der Waals surface area contributed by atoms with Crippen molar-refractivity contribution in [3.8, 4) is 0 Å². The molecule has 0 fully saturated rings. The standard InChI is InChI=1S/C16H12ClNO2S/c17-13-4-2-1-3-10(13)9-12(16(19)20)15-11-6-8-21-14(11)5-7-18-15/h1-8,12H,9H2,(H,19,20). The van der Waals surface area contributed by atoms with E-state index in [-0.39, 0.29) is 0 Å². The van der Waals surface area contributed by atoms with Crippen molar-refractivity contribution in [3.63, 3.8) is 0 Å². The molecular formula is C16H12ClNO2S. The van der Waals surface area contributed by atoms with Crippen LogP contribution in [0.15, 0.2) is 48.0 Å². The third-order valence-electron chi connectivity index (χ3n) is 3.42. The van der Waals surface area contributed by atoms with Crippen LogP contribution in [0.1, 0.15) is 17.2 Å². The van der Waals surface area contributed by atoms with Crippen LogP contribution in [-0.4, -0.2) is 16.1 Å². The quantitative estimate of drug-likeness (QED) is 0.777. The molecule has 0 aliphatic heterocycles. The first-order valence-corrected chi connectivity index (χ1v) is 7.71. The van der Waals surface area contributed by atoms with Crippen LogP contribution in [0.2, 0.25) is 5.02 Å². The van der Waals surface area contributed by atoms with Gasteiger partial charge >= 0.3 is 5.97 Å². The Morgan fingerprint density at radius 3 is 2.86 bits per heavy atom. The van der Waals surface area contributed by atoms with Crippen LogP contribution in [0.4, 0.5) is 0 Å². The molecule has 3 rings (SSSR count). The molecule has 5 heteroatoms. The van der Waals surface area contributed by atoms with Gasteiger partial charge in [0.1, 0.15) is 5.92 Å². The lowest BCUT2D eigenvalue weighted by Crippen LogP contribution is -2.16. The van der Waals surface area contributed by atoms with E-state index in [4.69, 9.17) is 11.6 Å². The second-order valence-corrected chi connectivity index (χ2v) is 6.07. The van der Waals surface area contributed by atoms with E-state index in [9.17, 15) is 9.90 Å². The van der Waals surface area contributed by atoms with Gasteiger partial charge in [0.25, 0.3) is 0 Å². The van der Waals surface area contributed by atoms with Crippen LogP contribution in [0.3, 0.4) is 0 Å². The van der Waals surface area contributed by atoms with Crippen molar-refractivity contribution in [1.82, 2.24) is 4.98 Å². The molecule has 2 aromatic heterocycles. The summed E-state index contributed by atoms with van der Waals surface area (Å²) in [6.45, 7) is 0. The Hall–Kier alpha value is -1.91. The zero-order chi connectivity index (χ0) is 14.8. The first-order valence-electron chi connectivity index (χ1n) is 6.45. The predicted molar refractivity (Wildman–Crippen MR) is 85.2 cm³/mol. The Balaban J connectivity index is 2.05. The lowest BCUT2D eigenvalue weighted by atomic mass is 9.94. The van der Waals surface area contributed by atoms with Crippen molar-refractivity contribution >= 4 is 39.0 Å². The van der Waals surface area contributed by atoms with Gasteiger partial charge in [0, 0.05) is 21.3 Å². The van der Waals surface area contributed by atoms with Gasteiger partial charge in [0.05, 0.1) is 5.69 Å². The van der Waals surface area contributed by atoms with E-state index in [1.165, 1.54) is 0 Å². The Kier molecular flexibility index (Phi) is 3.90. The van der Waals surface area contributed by atoms with E-state index in [1.807, 2.05) is 35.7 Å². The van der Waals surface area contributed by atoms with Gasteiger partial charge in [0.15, 0.2) is 0 Å². The van der Waals surface area contributed by atoms with E-state index < -0.39 is 11.9 Å². The SMILES string of the molecule is O=C(O)C(Cc1ccccc1Cl)c1nccc2sccc12. The smallest absolute Gasteiger partial charge is 0.312 e. The molecule has 1 aromatic carbocycles. The molecule has 0 saturated heterocycles. The largest absolute Gasteiger partial charge is 0.481 e. The van der Waals surface area contributed by atoms with Crippen LogP contribution in [0, 0.1) is 0 Å². The molecular weight excluding hydrogens is 306 g/mol. The molecule has 0 radical (unpaired) electrons. The molecule has 3 aromatic rings. The number of aliphatic carboxylic acids is 1. The van der Waals surface area contributed by atoms with Crippen molar-refractivity contribution in [2.45, 2.75) is 12.3 Å². The summed E-state index contributed by atoms with van der Waals surface area (Å²) in [5, 5.41) is 13.0. The fourth-order valence-corrected chi connectivity index (χ4v) is 3.38. The molecule has 0 aliphatic rings. The minimum Gasteiger partial charge on any atom is -0.481 e. The van der Waals surface area contributed by atoms with Crippen LogP contribution in [0.25, 0.3) is 10.1 Å². The van der Waals surface area contributed by atoms with Gasteiger partial charge in [-0.2, -0.15) is 0 Å². The molecule has 0 bridgehead atoms. The van der Waals surface area contributed by atoms with Gasteiger partial charge in [-0.05, 0) is 35.6 Å². The zero-order valence-electron chi connectivity index (χ0n) is 11.0. The first kappa shape index (κ1) is 14.0. The van der Waals surface area contributed by atoms with Crippen molar-refractivity contribution < 1.29 is 9.90 Å². The summed E-state index contributed by atoms with van der Waals surface area (Å²) in [7, 11) is 0. The highest BCUT2D eigenvalue weighted by Gasteiger charge is 2.24. The molecule has 0 aliphatic carbocycles. The van der Waals surface area contributed by atoms with Crippen molar-refractivity contribution in [2.24, 2.45) is 0 Å². The molecule has 106 valence electrons. The normalized spacial score (nSPS) is 12.4. The number of aromatic nitrogens is 1. The summed E-state index contributed by atoms with van der Waals surface area (Å²) in [5.74, 6) is -1.59. The van der Waals surface area contributed by atoms with E-state index in [1.54, 1.807) is 23.6 Å². The molecule has 1 atom stereocenters. The first-order chi connectivity index (χ1) is 10.2. The highest BCUT2D eigenvalue weighted by Crippen LogP contribution is 2.31. The maximum absolute atomic E-state index is 11.7. The summed E-state index contributed by atoms with van der Waals surface area (Å²) in [4.78, 5) is 16.0. The highest BCUT2D eigenvalue weighted by molar-refractivity contribution is 7.17. The van der Waals surface area contributed by atoms with Crippen molar-refractivity contribution in [1.29, 1.82) is 0 Å². The number of halogens is 1. The maximum Gasteiger partial charge on any atom is 0.312 e. The van der Waals surface area contributed by atoms with E-state index in [0.717, 1.165) is 15.6 Å². The molecule has 21 heavy (non-hydrogen) atoms. The summed E-state index contributed by atoms with van der Waals surface area (Å²) >= 11 is 7.73. The van der Waals surface area contributed by atoms with Crippen LogP contribution in [-0.2, 0) is 11.2 Å². The number of carboxylic acids is 1. The lowest BCUT2D eigenvalue weighted by molar-refractivity contribution is -0.138. The number of rotatable bonds is 4. The van der Waals surface area contributed by atoms with Crippen LogP contribution < -0.4 is 0 Å². The number of hydrogen-bond acceptors (Lipinski definition) is 3. The molecule has 2 heterocycles. The maximum atomic E-state index is 11.7. The van der Waals surface area contributed by atoms with Gasteiger partial charge in [-0.15, -0.1) is 11.3 Å². The summed E-state index contributed by atoms with van der Waals surface area (Å²) in [5.41, 5.74) is 1.42. The van der Waals surface area contributed by atoms with Gasteiger partial charge in [0.2, 0.25) is 0 Å². The average Bonchev–Trinajstić information content (AvgIpc) is 2.94. The number of carbonyl (C=O) groups is 1. The second-order valence-electron chi connectivity index (χ2n) is 4.71. The Bertz CT molecular complexity index is 800. The number of benzene rings is 1. The number of nitrogens with zero attached hydrogens (tertiary/aromatic N) is 1. The summed E-state index contributed by atoms with van der Waals surface area (Å²) in [6.07, 6.45) is 1.99. The lowest BCUT2D eigenvalue weighted by Gasteiger charge is -2.14. The fraction of sp³-hybridized carbons (Fsp3) is 0.125. The van der Waals surface area contributed by atoms with E-state index in [0.29, 0.717) is 17.1 Å². The number of hydrogen-bond donors (Lipinski definition) is 1. The Morgan fingerprint density at radius 1 is 1.29 bits per heavy atom. The fourth-order valence-electron chi connectivity index (χ4n) is 2.38. The van der Waals surface area contributed by atoms with Crippen LogP contribution in [0.5, 0.6) is 0 Å². The van der Waals surface area contributed by atoms with Crippen LogP contribution >= 0.6 is 22.9 Å². The summed E-state index contributed by atoms with van der Waals surface area (Å²) < 4.78 is 1.05. The number of carboxylic acid groups (broad SMARTS) is 1. The topological polar surface area (TPSA) is 50.2 Å². The molecule has 1 N–H and O–H groups in total. The Morgan fingerprint density at radius 2 is 2.10 bits per heavy atom. The zero-order valence-corrected chi connectivity index (χ0v) is 12.6. The van der Waals surface area contributed by atoms with Gasteiger partial charge in [-0.3, -0.25) is 9.78 Å². The monoisotopic (exact) mass is 317 g/mol. The minimum atomic E-state index is -0.888. The van der Waals surface area contributed by atoms with E-state index >= 15 is 0 Å². The van der Waals surface area contributed by atoms with Crippen molar-refractivity contribution in [2.75, 3.05) is 0 Å². The molecule has 3 nitrogen and oxygen atoms in total. The molecule has 0 saturated carbocycles. The molecule has 0 amide bonds. The second kappa shape index (κ2) is 5.84. The predicted octanol–water partition coefficient (Wildman–Crippen LogP) is 4.36. The molecule has 1 unspecified atom stereocenters. The van der Waals surface area contributed by atoms with Gasteiger partial charge in [-0.1, -0.05) is 29.8 Å². The van der Waals surface area contributed by atoms with Gasteiger partial charge < -0.3 is 5.11 Å². The number of fused-ring (bicyclic) bond motifs is 1. The molecule has 0 spiro atoms. The van der Waals surface area contributed by atoms with E-state index in [2.05, 4.69) is 4.98 Å². The minimum absolute atomic E-state index is 0.330. The summed E-state index contributed by atoms with van der Waals surface area (Å²) in [6, 6.07) is 11.1. The van der Waals surface area contributed by atoms with Gasteiger partial charge in [-0.25, -0.2) is 0 Å². The van der Waals surface area contributed by atoms with Crippen molar-refractivity contribution in [3.05, 3.63) is 64.3 Å². The number of pyridine rings is 1.